The number of hydrogen-bond acceptors (Lipinski definition) is 3. The fourth-order valence-electron chi connectivity index (χ4n) is 3.32. The van der Waals surface area contributed by atoms with Gasteiger partial charge in [0.2, 0.25) is 5.91 Å². The van der Waals surface area contributed by atoms with E-state index in [1.54, 1.807) is 0 Å². The van der Waals surface area contributed by atoms with Gasteiger partial charge in [0, 0.05) is 12.1 Å². The lowest BCUT2D eigenvalue weighted by molar-refractivity contribution is -0.120. The van der Waals surface area contributed by atoms with Gasteiger partial charge in [-0.15, -0.1) is 0 Å². The van der Waals surface area contributed by atoms with E-state index in [2.05, 4.69) is 27.7 Å². The summed E-state index contributed by atoms with van der Waals surface area (Å²) in [5.41, 5.74) is 1.50. The Hall–Kier alpha value is -2.73. The van der Waals surface area contributed by atoms with Crippen LogP contribution in [0.4, 0.5) is 4.39 Å². The van der Waals surface area contributed by atoms with Crippen LogP contribution in [0.15, 0.2) is 54.6 Å². The number of carbonyl (C=O) groups excluding carboxylic acids is 2. The van der Waals surface area contributed by atoms with E-state index in [9.17, 15) is 14.0 Å². The standard InChI is InChI=1S/C21H24FN3O2/c22-18-10-8-17(9-11-18)21(27)24-15-20(26)23-14-19(25-12-4-5-13-25)16-6-2-1-3-7-16/h1-3,6-11,19H,4-5,12-15H2,(H,23,26)(H,24,27). The normalized spacial score (nSPS) is 15.3. The van der Waals surface area contributed by atoms with Crippen molar-refractivity contribution in [3.8, 4) is 0 Å². The minimum Gasteiger partial charge on any atom is -0.353 e. The first-order valence-corrected chi connectivity index (χ1v) is 9.23. The molecule has 0 saturated carbocycles. The van der Waals surface area contributed by atoms with E-state index in [0.717, 1.165) is 13.1 Å². The third-order valence-electron chi connectivity index (χ3n) is 4.77. The van der Waals surface area contributed by atoms with Gasteiger partial charge >= 0.3 is 0 Å². The molecule has 2 aromatic carbocycles. The molecule has 2 amide bonds. The summed E-state index contributed by atoms with van der Waals surface area (Å²) in [6, 6.07) is 15.5. The topological polar surface area (TPSA) is 61.4 Å². The monoisotopic (exact) mass is 369 g/mol. The van der Waals surface area contributed by atoms with Crippen LogP contribution in [0.2, 0.25) is 0 Å². The van der Waals surface area contributed by atoms with Crippen molar-refractivity contribution in [2.24, 2.45) is 0 Å². The van der Waals surface area contributed by atoms with Crippen LogP contribution in [0, 0.1) is 5.82 Å². The molecule has 1 aliphatic rings. The first-order valence-electron chi connectivity index (χ1n) is 9.23. The van der Waals surface area contributed by atoms with Crippen LogP contribution in [0.1, 0.15) is 34.8 Å². The molecule has 1 saturated heterocycles. The second kappa shape index (κ2) is 9.28. The average Bonchev–Trinajstić information content (AvgIpc) is 3.22. The van der Waals surface area contributed by atoms with Crippen molar-refractivity contribution >= 4 is 11.8 Å². The maximum atomic E-state index is 12.9. The molecule has 27 heavy (non-hydrogen) atoms. The van der Waals surface area contributed by atoms with E-state index < -0.39 is 11.7 Å². The lowest BCUT2D eigenvalue weighted by Gasteiger charge is -2.28. The maximum absolute atomic E-state index is 12.9. The fourth-order valence-corrected chi connectivity index (χ4v) is 3.32. The molecule has 2 aromatic rings. The predicted molar refractivity (Wildman–Crippen MR) is 102 cm³/mol. The number of rotatable bonds is 7. The SMILES string of the molecule is O=C(CNC(=O)c1ccc(F)cc1)NCC(c1ccccc1)N1CCCC1. The van der Waals surface area contributed by atoms with Crippen molar-refractivity contribution in [2.45, 2.75) is 18.9 Å². The van der Waals surface area contributed by atoms with Gasteiger partial charge in [-0.1, -0.05) is 30.3 Å². The largest absolute Gasteiger partial charge is 0.353 e. The van der Waals surface area contributed by atoms with E-state index in [1.165, 1.54) is 42.7 Å². The highest BCUT2D eigenvalue weighted by atomic mass is 19.1. The summed E-state index contributed by atoms with van der Waals surface area (Å²) in [6.45, 7) is 2.43. The van der Waals surface area contributed by atoms with Gasteiger partial charge in [-0.05, 0) is 55.8 Å². The molecule has 1 fully saturated rings. The Balaban J connectivity index is 1.51. The molecule has 0 aliphatic carbocycles. The van der Waals surface area contributed by atoms with Crippen molar-refractivity contribution in [3.05, 3.63) is 71.5 Å². The summed E-state index contributed by atoms with van der Waals surface area (Å²) in [6.07, 6.45) is 2.34. The Bertz CT molecular complexity index is 759. The number of nitrogens with zero attached hydrogens (tertiary/aromatic N) is 1. The zero-order valence-electron chi connectivity index (χ0n) is 15.2. The summed E-state index contributed by atoms with van der Waals surface area (Å²) < 4.78 is 12.9. The maximum Gasteiger partial charge on any atom is 0.251 e. The van der Waals surface area contributed by atoms with Crippen molar-refractivity contribution in [3.63, 3.8) is 0 Å². The molecule has 5 nitrogen and oxygen atoms in total. The number of carbonyl (C=O) groups is 2. The van der Waals surface area contributed by atoms with Gasteiger partial charge < -0.3 is 10.6 Å². The van der Waals surface area contributed by atoms with Crippen molar-refractivity contribution in [2.75, 3.05) is 26.2 Å². The lowest BCUT2D eigenvalue weighted by atomic mass is 10.1. The van der Waals surface area contributed by atoms with Crippen molar-refractivity contribution in [1.29, 1.82) is 0 Å². The molecular formula is C21H24FN3O2. The Labute approximate surface area is 158 Å². The first-order chi connectivity index (χ1) is 13.1. The molecule has 0 spiro atoms. The highest BCUT2D eigenvalue weighted by Crippen LogP contribution is 2.24. The number of benzene rings is 2. The number of nitrogens with one attached hydrogen (secondary N) is 2. The van der Waals surface area contributed by atoms with Crippen LogP contribution in [0.5, 0.6) is 0 Å². The minimum absolute atomic E-state index is 0.113. The van der Waals surface area contributed by atoms with Crippen LogP contribution in [-0.2, 0) is 4.79 Å². The Morgan fingerprint density at radius 1 is 0.963 bits per heavy atom. The first kappa shape index (κ1) is 19.0. The highest BCUT2D eigenvalue weighted by Gasteiger charge is 2.23. The van der Waals surface area contributed by atoms with E-state index in [4.69, 9.17) is 0 Å². The summed E-state index contributed by atoms with van der Waals surface area (Å²) in [4.78, 5) is 26.6. The van der Waals surface area contributed by atoms with Crippen LogP contribution in [0.25, 0.3) is 0 Å². The molecular weight excluding hydrogens is 345 g/mol. The number of likely N-dealkylation sites (tertiary alicyclic amines) is 1. The van der Waals surface area contributed by atoms with E-state index >= 15 is 0 Å². The molecule has 1 aliphatic heterocycles. The van der Waals surface area contributed by atoms with Crippen molar-refractivity contribution < 1.29 is 14.0 Å². The zero-order chi connectivity index (χ0) is 19.1. The smallest absolute Gasteiger partial charge is 0.251 e. The van der Waals surface area contributed by atoms with E-state index in [-0.39, 0.29) is 18.5 Å². The molecule has 2 N–H and O–H groups in total. The molecule has 0 aromatic heterocycles. The molecule has 0 radical (unpaired) electrons. The minimum atomic E-state index is -0.404. The summed E-state index contributed by atoms with van der Waals surface area (Å²) in [5.74, 6) is -1.05. The highest BCUT2D eigenvalue weighted by molar-refractivity contribution is 5.96. The summed E-state index contributed by atoms with van der Waals surface area (Å²) in [5, 5.41) is 5.48. The lowest BCUT2D eigenvalue weighted by Crippen LogP contribution is -2.41. The molecule has 1 atom stereocenters. The van der Waals surface area contributed by atoms with Gasteiger partial charge in [0.25, 0.3) is 5.91 Å². The third kappa shape index (κ3) is 5.37. The van der Waals surface area contributed by atoms with Gasteiger partial charge in [0.15, 0.2) is 0 Å². The summed E-state index contributed by atoms with van der Waals surface area (Å²) in [7, 11) is 0. The van der Waals surface area contributed by atoms with Gasteiger partial charge in [0.1, 0.15) is 5.82 Å². The quantitative estimate of drug-likeness (QED) is 0.788. The zero-order valence-corrected chi connectivity index (χ0v) is 15.2. The second-order valence-electron chi connectivity index (χ2n) is 6.66. The van der Waals surface area contributed by atoms with Crippen molar-refractivity contribution in [1.82, 2.24) is 15.5 Å². The molecule has 3 rings (SSSR count). The van der Waals surface area contributed by atoms with Gasteiger partial charge in [0.05, 0.1) is 12.6 Å². The van der Waals surface area contributed by atoms with Gasteiger partial charge in [-0.3, -0.25) is 14.5 Å². The Kier molecular flexibility index (Phi) is 6.54. The van der Waals surface area contributed by atoms with Gasteiger partial charge in [-0.25, -0.2) is 4.39 Å². The van der Waals surface area contributed by atoms with Crippen LogP contribution in [-0.4, -0.2) is 42.9 Å². The number of halogens is 1. The predicted octanol–water partition coefficient (Wildman–Crippen LogP) is 2.51. The van der Waals surface area contributed by atoms with E-state index in [0.29, 0.717) is 12.1 Å². The van der Waals surface area contributed by atoms with Crippen LogP contribution >= 0.6 is 0 Å². The molecule has 0 bridgehead atoms. The van der Waals surface area contributed by atoms with Crippen LogP contribution in [0.3, 0.4) is 0 Å². The van der Waals surface area contributed by atoms with Gasteiger partial charge in [-0.2, -0.15) is 0 Å². The molecule has 1 unspecified atom stereocenters. The second-order valence-corrected chi connectivity index (χ2v) is 6.66. The average molecular weight is 369 g/mol. The molecule has 142 valence electrons. The third-order valence-corrected chi connectivity index (χ3v) is 4.77. The molecule has 6 heteroatoms. The van der Waals surface area contributed by atoms with Crippen LogP contribution < -0.4 is 10.6 Å². The Morgan fingerprint density at radius 2 is 1.63 bits per heavy atom. The number of hydrogen-bond donors (Lipinski definition) is 2. The fraction of sp³-hybridized carbons (Fsp3) is 0.333. The molecule has 1 heterocycles. The van der Waals surface area contributed by atoms with E-state index in [1.807, 2.05) is 18.2 Å². The number of amides is 2. The Morgan fingerprint density at radius 3 is 2.30 bits per heavy atom. The summed E-state index contributed by atoms with van der Waals surface area (Å²) >= 11 is 0.